The molecule has 1 aromatic heterocycles. The van der Waals surface area contributed by atoms with E-state index in [0.717, 1.165) is 32.5 Å². The van der Waals surface area contributed by atoms with Crippen LogP contribution in [0.5, 0.6) is 0 Å². The molecule has 150 valence electrons. The zero-order valence-electron chi connectivity index (χ0n) is 16.7. The number of amides is 1. The number of carbonyl (C=O) groups excluding carboxylic acids is 1. The largest absolute Gasteiger partial charge is 0.337 e. The van der Waals surface area contributed by atoms with Gasteiger partial charge in [0.1, 0.15) is 5.69 Å². The van der Waals surface area contributed by atoms with Crippen molar-refractivity contribution in [2.24, 2.45) is 5.92 Å². The minimum atomic E-state index is 0.0953. The lowest BCUT2D eigenvalue weighted by Crippen LogP contribution is -2.48. The first-order chi connectivity index (χ1) is 14.3. The van der Waals surface area contributed by atoms with Crippen LogP contribution in [0, 0.1) is 5.92 Å². The molecule has 2 N–H and O–H groups in total. The lowest BCUT2D eigenvalue weighted by atomic mass is 9.83. The Morgan fingerprint density at radius 1 is 1.14 bits per heavy atom. The van der Waals surface area contributed by atoms with E-state index in [1.807, 2.05) is 15.6 Å². The molecule has 0 bridgehead atoms. The number of hydrazine groups is 1. The van der Waals surface area contributed by atoms with Crippen molar-refractivity contribution in [3.63, 3.8) is 0 Å². The summed E-state index contributed by atoms with van der Waals surface area (Å²) in [6, 6.07) is 17.4. The highest BCUT2D eigenvalue weighted by Gasteiger charge is 2.42. The lowest BCUT2D eigenvalue weighted by Gasteiger charge is -2.36. The molecule has 2 aliphatic heterocycles. The standard InChI is InChI=1S/C23H27N5O/c1-2-13-28-21(10-12-24-28)23(29)27-14-11-20-19(15-27)22(26-25-20)18-9-5-7-16-6-3-4-8-17(16)18/h3-10,12,19-20,22,25-26H,2,11,13-15H2,1H3. The van der Waals surface area contributed by atoms with Gasteiger partial charge in [-0.1, -0.05) is 49.4 Å². The smallest absolute Gasteiger partial charge is 0.272 e. The molecule has 3 unspecified atom stereocenters. The molecule has 0 saturated carbocycles. The number of aromatic nitrogens is 2. The number of piperidine rings is 1. The number of fused-ring (bicyclic) bond motifs is 2. The van der Waals surface area contributed by atoms with E-state index in [-0.39, 0.29) is 11.9 Å². The number of benzene rings is 2. The zero-order valence-corrected chi connectivity index (χ0v) is 16.7. The van der Waals surface area contributed by atoms with Gasteiger partial charge in [-0.3, -0.25) is 14.9 Å². The maximum absolute atomic E-state index is 13.2. The molecule has 2 aromatic carbocycles. The number of hydrogen-bond acceptors (Lipinski definition) is 4. The Hall–Kier alpha value is -2.70. The lowest BCUT2D eigenvalue weighted by molar-refractivity contribution is 0.0640. The average molecular weight is 390 g/mol. The third-order valence-corrected chi connectivity index (χ3v) is 6.33. The van der Waals surface area contributed by atoms with Crippen LogP contribution >= 0.6 is 0 Å². The van der Waals surface area contributed by atoms with Crippen molar-refractivity contribution in [3.05, 3.63) is 66.0 Å². The van der Waals surface area contributed by atoms with E-state index < -0.39 is 0 Å². The number of aryl methyl sites for hydroxylation is 1. The molecule has 3 aromatic rings. The van der Waals surface area contributed by atoms with Crippen LogP contribution in [0.3, 0.4) is 0 Å². The number of likely N-dealkylation sites (tertiary alicyclic amines) is 1. The molecule has 5 rings (SSSR count). The van der Waals surface area contributed by atoms with Gasteiger partial charge < -0.3 is 4.90 Å². The van der Waals surface area contributed by atoms with E-state index in [1.54, 1.807) is 6.20 Å². The topological polar surface area (TPSA) is 62.2 Å². The Bertz CT molecular complexity index is 1020. The van der Waals surface area contributed by atoms with E-state index in [4.69, 9.17) is 0 Å². The molecule has 0 spiro atoms. The molecule has 6 nitrogen and oxygen atoms in total. The van der Waals surface area contributed by atoms with E-state index in [1.165, 1.54) is 16.3 Å². The van der Waals surface area contributed by atoms with Gasteiger partial charge in [-0.25, -0.2) is 5.43 Å². The minimum Gasteiger partial charge on any atom is -0.337 e. The van der Waals surface area contributed by atoms with Crippen molar-refractivity contribution in [1.82, 2.24) is 25.5 Å². The van der Waals surface area contributed by atoms with Crippen LogP contribution in [-0.2, 0) is 6.54 Å². The number of carbonyl (C=O) groups is 1. The van der Waals surface area contributed by atoms with Crippen LogP contribution in [0.4, 0.5) is 0 Å². The number of hydrogen-bond donors (Lipinski definition) is 2. The number of nitrogens with zero attached hydrogens (tertiary/aromatic N) is 3. The van der Waals surface area contributed by atoms with Gasteiger partial charge in [-0.2, -0.15) is 5.10 Å². The fourth-order valence-electron chi connectivity index (χ4n) is 4.88. The van der Waals surface area contributed by atoms with Crippen molar-refractivity contribution < 1.29 is 4.79 Å². The molecule has 3 heterocycles. The Kier molecular flexibility index (Phi) is 4.81. The maximum atomic E-state index is 13.2. The van der Waals surface area contributed by atoms with Gasteiger partial charge in [0, 0.05) is 37.8 Å². The number of rotatable bonds is 4. The van der Waals surface area contributed by atoms with Crippen LogP contribution in [0.25, 0.3) is 10.8 Å². The third-order valence-electron chi connectivity index (χ3n) is 6.33. The van der Waals surface area contributed by atoms with Crippen molar-refractivity contribution in [2.45, 2.75) is 38.4 Å². The summed E-state index contributed by atoms with van der Waals surface area (Å²) >= 11 is 0. The van der Waals surface area contributed by atoms with Gasteiger partial charge in [0.25, 0.3) is 5.91 Å². The van der Waals surface area contributed by atoms with Gasteiger partial charge in [-0.05, 0) is 35.2 Å². The fourth-order valence-corrected chi connectivity index (χ4v) is 4.88. The SMILES string of the molecule is CCCn1nccc1C(=O)N1CCC2NNC(c3cccc4ccccc34)C2C1. The first kappa shape index (κ1) is 18.3. The van der Waals surface area contributed by atoms with Crippen LogP contribution < -0.4 is 10.9 Å². The predicted octanol–water partition coefficient (Wildman–Crippen LogP) is 3.13. The Labute approximate surface area is 170 Å². The normalized spacial score (nSPS) is 24.0. The highest BCUT2D eigenvalue weighted by Crippen LogP contribution is 2.37. The molecule has 29 heavy (non-hydrogen) atoms. The summed E-state index contributed by atoms with van der Waals surface area (Å²) in [7, 11) is 0. The molecular weight excluding hydrogens is 362 g/mol. The Balaban J connectivity index is 1.41. The van der Waals surface area contributed by atoms with Crippen molar-refractivity contribution in [3.8, 4) is 0 Å². The fraction of sp³-hybridized carbons (Fsp3) is 0.391. The monoisotopic (exact) mass is 389 g/mol. The summed E-state index contributed by atoms with van der Waals surface area (Å²) in [5.74, 6) is 0.430. The number of nitrogens with one attached hydrogen (secondary N) is 2. The highest BCUT2D eigenvalue weighted by molar-refractivity contribution is 5.92. The second-order valence-electron chi connectivity index (χ2n) is 8.08. The predicted molar refractivity (Wildman–Crippen MR) is 113 cm³/mol. The molecular formula is C23H27N5O. The molecule has 0 radical (unpaired) electrons. The molecule has 2 aliphatic rings. The van der Waals surface area contributed by atoms with Gasteiger partial charge in [0.2, 0.25) is 0 Å². The molecule has 2 fully saturated rings. The second-order valence-corrected chi connectivity index (χ2v) is 8.08. The summed E-state index contributed by atoms with van der Waals surface area (Å²) in [4.78, 5) is 15.2. The summed E-state index contributed by atoms with van der Waals surface area (Å²) in [6.07, 6.45) is 3.64. The van der Waals surface area contributed by atoms with Crippen LogP contribution in [0.15, 0.2) is 54.7 Å². The molecule has 1 amide bonds. The van der Waals surface area contributed by atoms with Crippen molar-refractivity contribution >= 4 is 16.7 Å². The van der Waals surface area contributed by atoms with E-state index in [9.17, 15) is 4.79 Å². The summed E-state index contributed by atoms with van der Waals surface area (Å²) in [5, 5.41) is 6.86. The maximum Gasteiger partial charge on any atom is 0.272 e. The van der Waals surface area contributed by atoms with Crippen LogP contribution in [0.1, 0.15) is 41.9 Å². The van der Waals surface area contributed by atoms with E-state index in [2.05, 4.69) is 65.3 Å². The molecule has 0 aliphatic carbocycles. The first-order valence-electron chi connectivity index (χ1n) is 10.6. The van der Waals surface area contributed by atoms with Crippen LogP contribution in [0.2, 0.25) is 0 Å². The molecule has 6 heteroatoms. The van der Waals surface area contributed by atoms with E-state index in [0.29, 0.717) is 17.7 Å². The zero-order chi connectivity index (χ0) is 19.8. The third kappa shape index (κ3) is 3.22. The Morgan fingerprint density at radius 3 is 2.90 bits per heavy atom. The van der Waals surface area contributed by atoms with Gasteiger partial charge in [0.05, 0.1) is 6.04 Å². The molecule has 3 atom stereocenters. The van der Waals surface area contributed by atoms with Crippen molar-refractivity contribution in [1.29, 1.82) is 0 Å². The summed E-state index contributed by atoms with van der Waals surface area (Å²) < 4.78 is 1.84. The average Bonchev–Trinajstić information content (AvgIpc) is 3.39. The van der Waals surface area contributed by atoms with E-state index >= 15 is 0 Å². The van der Waals surface area contributed by atoms with Crippen molar-refractivity contribution in [2.75, 3.05) is 13.1 Å². The second kappa shape index (κ2) is 7.61. The van der Waals surface area contributed by atoms with Gasteiger partial charge >= 0.3 is 0 Å². The minimum absolute atomic E-state index is 0.0953. The Morgan fingerprint density at radius 2 is 2.00 bits per heavy atom. The quantitative estimate of drug-likeness (QED) is 0.720. The molecule has 2 saturated heterocycles. The first-order valence-corrected chi connectivity index (χ1v) is 10.6. The summed E-state index contributed by atoms with van der Waals surface area (Å²) in [5.41, 5.74) is 9.02. The van der Waals surface area contributed by atoms with Crippen LogP contribution in [-0.4, -0.2) is 39.7 Å². The van der Waals surface area contributed by atoms with Gasteiger partial charge in [-0.15, -0.1) is 0 Å². The summed E-state index contributed by atoms with van der Waals surface area (Å²) in [6.45, 7) is 4.39. The highest BCUT2D eigenvalue weighted by atomic mass is 16.2. The van der Waals surface area contributed by atoms with Gasteiger partial charge in [0.15, 0.2) is 0 Å².